The monoisotopic (exact) mass is 318 g/mol. The summed E-state index contributed by atoms with van der Waals surface area (Å²) in [5, 5.41) is 23.8. The van der Waals surface area contributed by atoms with E-state index in [2.05, 4.69) is 5.32 Å². The van der Waals surface area contributed by atoms with Gasteiger partial charge >= 0.3 is 0 Å². The summed E-state index contributed by atoms with van der Waals surface area (Å²) >= 11 is 0. The molecule has 7 heteroatoms. The van der Waals surface area contributed by atoms with E-state index in [9.17, 15) is 24.4 Å². The van der Waals surface area contributed by atoms with Crippen LogP contribution in [0.2, 0.25) is 0 Å². The van der Waals surface area contributed by atoms with Crippen molar-refractivity contribution in [1.82, 2.24) is 0 Å². The molecule has 0 unspecified atom stereocenters. The molecule has 0 aromatic heterocycles. The Kier molecular flexibility index (Phi) is 5.02. The average molecular weight is 318 g/mol. The Morgan fingerprint density at radius 3 is 2.65 bits per heavy atom. The first-order valence-corrected chi connectivity index (χ1v) is 6.86. The van der Waals surface area contributed by atoms with Gasteiger partial charge in [-0.25, -0.2) is 4.39 Å². The van der Waals surface area contributed by atoms with Crippen LogP contribution in [0.3, 0.4) is 0 Å². The van der Waals surface area contributed by atoms with Gasteiger partial charge in [0.2, 0.25) is 0 Å². The van der Waals surface area contributed by atoms with Gasteiger partial charge in [-0.1, -0.05) is 18.2 Å². The summed E-state index contributed by atoms with van der Waals surface area (Å²) in [4.78, 5) is 21.8. The van der Waals surface area contributed by atoms with E-state index in [1.54, 1.807) is 6.07 Å². The summed E-state index contributed by atoms with van der Waals surface area (Å²) in [7, 11) is 0. The third-order valence-corrected chi connectivity index (χ3v) is 3.35. The third-order valence-electron chi connectivity index (χ3n) is 3.35. The lowest BCUT2D eigenvalue weighted by molar-refractivity contribution is -0.384. The highest BCUT2D eigenvalue weighted by Crippen LogP contribution is 2.27. The number of hydrogen-bond donors (Lipinski definition) is 2. The number of aliphatic hydroxyl groups is 1. The van der Waals surface area contributed by atoms with Gasteiger partial charge in [0.15, 0.2) is 5.78 Å². The molecule has 0 spiro atoms. The van der Waals surface area contributed by atoms with Crippen molar-refractivity contribution in [1.29, 1.82) is 0 Å². The van der Waals surface area contributed by atoms with Crippen LogP contribution in [0.5, 0.6) is 0 Å². The number of carbonyl (C=O) groups is 1. The Bertz CT molecular complexity index is 749. The molecule has 1 atom stereocenters. The summed E-state index contributed by atoms with van der Waals surface area (Å²) in [5.74, 6) is -0.839. The van der Waals surface area contributed by atoms with Crippen LogP contribution >= 0.6 is 0 Å². The van der Waals surface area contributed by atoms with Crippen molar-refractivity contribution in [3.63, 3.8) is 0 Å². The molecule has 120 valence electrons. The van der Waals surface area contributed by atoms with Gasteiger partial charge in [0, 0.05) is 23.7 Å². The number of nitrogens with one attached hydrogen (secondary N) is 1. The van der Waals surface area contributed by atoms with Crippen molar-refractivity contribution >= 4 is 17.2 Å². The summed E-state index contributed by atoms with van der Waals surface area (Å²) < 4.78 is 13.6. The zero-order valence-electron chi connectivity index (χ0n) is 12.3. The molecule has 0 aliphatic rings. The molecule has 6 nitrogen and oxygen atoms in total. The smallest absolute Gasteiger partial charge is 0.293 e. The normalized spacial score (nSPS) is 11.8. The zero-order chi connectivity index (χ0) is 17.0. The molecule has 2 aromatic rings. The fraction of sp³-hybridized carbons (Fsp3) is 0.188. The largest absolute Gasteiger partial charge is 0.386 e. The van der Waals surface area contributed by atoms with E-state index >= 15 is 0 Å². The second kappa shape index (κ2) is 6.97. The van der Waals surface area contributed by atoms with Crippen molar-refractivity contribution < 1.29 is 19.2 Å². The van der Waals surface area contributed by atoms with Crippen molar-refractivity contribution in [2.75, 3.05) is 11.9 Å². The van der Waals surface area contributed by atoms with Crippen molar-refractivity contribution in [3.8, 4) is 0 Å². The standard InChI is InChI=1S/C16H15FN2O4/c1-10(20)11-6-7-14(15(8-11)19(22)23)18-9-16(21)12-4-2-3-5-13(12)17/h2-8,16,18,21H,9H2,1H3/t16-/m1/s1. The molecule has 23 heavy (non-hydrogen) atoms. The van der Waals surface area contributed by atoms with Gasteiger partial charge in [0.25, 0.3) is 5.69 Å². The lowest BCUT2D eigenvalue weighted by Crippen LogP contribution is -2.14. The van der Waals surface area contributed by atoms with Gasteiger partial charge in [0.1, 0.15) is 11.5 Å². The number of ketones is 1. The molecule has 0 saturated carbocycles. The van der Waals surface area contributed by atoms with Crippen molar-refractivity contribution in [2.24, 2.45) is 0 Å². The van der Waals surface area contributed by atoms with Crippen LogP contribution < -0.4 is 5.32 Å². The molecule has 0 heterocycles. The molecule has 0 aliphatic heterocycles. The van der Waals surface area contributed by atoms with Gasteiger partial charge in [-0.2, -0.15) is 0 Å². The summed E-state index contributed by atoms with van der Waals surface area (Å²) in [5.41, 5.74) is 0.189. The zero-order valence-corrected chi connectivity index (χ0v) is 12.3. The number of carbonyl (C=O) groups excluding carboxylic acids is 1. The van der Waals surface area contributed by atoms with Gasteiger partial charge in [-0.3, -0.25) is 14.9 Å². The van der Waals surface area contributed by atoms with Crippen LogP contribution in [0.15, 0.2) is 42.5 Å². The predicted octanol–water partition coefficient (Wildman–Crippen LogP) is 3.08. The molecule has 0 aliphatic carbocycles. The Morgan fingerprint density at radius 1 is 1.35 bits per heavy atom. The molecule has 0 radical (unpaired) electrons. The average Bonchev–Trinajstić information content (AvgIpc) is 2.52. The van der Waals surface area contributed by atoms with Crippen LogP contribution in [0.4, 0.5) is 15.8 Å². The number of halogens is 1. The second-order valence-electron chi connectivity index (χ2n) is 4.96. The van der Waals surface area contributed by atoms with E-state index < -0.39 is 16.8 Å². The number of nitro benzene ring substituents is 1. The molecule has 2 rings (SSSR count). The summed E-state index contributed by atoms with van der Waals surface area (Å²) in [6, 6.07) is 9.77. The quantitative estimate of drug-likeness (QED) is 0.485. The Balaban J connectivity index is 2.18. The number of nitro groups is 1. The highest BCUT2D eigenvalue weighted by atomic mass is 19.1. The van der Waals surface area contributed by atoms with Gasteiger partial charge in [0.05, 0.1) is 11.0 Å². The Morgan fingerprint density at radius 2 is 2.04 bits per heavy atom. The fourth-order valence-electron chi connectivity index (χ4n) is 2.11. The number of nitrogens with zero attached hydrogens (tertiary/aromatic N) is 1. The van der Waals surface area contributed by atoms with Crippen LogP contribution in [0.1, 0.15) is 28.9 Å². The highest BCUT2D eigenvalue weighted by molar-refractivity contribution is 5.95. The number of Topliss-reactive ketones (excluding diaryl/α,β-unsaturated/α-hetero) is 1. The second-order valence-corrected chi connectivity index (χ2v) is 4.96. The van der Waals surface area contributed by atoms with E-state index in [0.717, 1.165) is 0 Å². The van der Waals surface area contributed by atoms with E-state index in [-0.39, 0.29) is 34.8 Å². The maximum Gasteiger partial charge on any atom is 0.293 e. The molecular weight excluding hydrogens is 303 g/mol. The number of rotatable bonds is 6. The molecule has 2 aromatic carbocycles. The summed E-state index contributed by atoms with van der Waals surface area (Å²) in [6.45, 7) is 1.20. The molecule has 0 bridgehead atoms. The highest BCUT2D eigenvalue weighted by Gasteiger charge is 2.18. The topological polar surface area (TPSA) is 92.5 Å². The molecular formula is C16H15FN2O4. The predicted molar refractivity (Wildman–Crippen MR) is 83.0 cm³/mol. The van der Waals surface area contributed by atoms with Crippen LogP contribution in [-0.4, -0.2) is 22.4 Å². The first kappa shape index (κ1) is 16.6. The lowest BCUT2D eigenvalue weighted by atomic mass is 10.1. The third kappa shape index (κ3) is 3.89. The number of anilines is 1. The Hall–Kier alpha value is -2.80. The van der Waals surface area contributed by atoms with E-state index in [0.29, 0.717) is 0 Å². The van der Waals surface area contributed by atoms with Crippen LogP contribution in [0.25, 0.3) is 0 Å². The first-order chi connectivity index (χ1) is 10.9. The minimum atomic E-state index is -1.16. The van der Waals surface area contributed by atoms with Gasteiger partial charge in [-0.15, -0.1) is 0 Å². The Labute approximate surface area is 131 Å². The minimum absolute atomic E-state index is 0.100. The van der Waals surface area contributed by atoms with Gasteiger partial charge < -0.3 is 10.4 Å². The lowest BCUT2D eigenvalue weighted by Gasteiger charge is -2.14. The number of benzene rings is 2. The van der Waals surface area contributed by atoms with E-state index in [1.807, 2.05) is 0 Å². The van der Waals surface area contributed by atoms with Crippen molar-refractivity contribution in [3.05, 3.63) is 69.5 Å². The molecule has 0 fully saturated rings. The number of aliphatic hydroxyl groups excluding tert-OH is 1. The molecule has 0 saturated heterocycles. The summed E-state index contributed by atoms with van der Waals surface area (Å²) in [6.07, 6.45) is -1.16. The molecule has 0 amide bonds. The maximum absolute atomic E-state index is 13.6. The number of hydrogen-bond acceptors (Lipinski definition) is 5. The van der Waals surface area contributed by atoms with Gasteiger partial charge in [-0.05, 0) is 25.1 Å². The minimum Gasteiger partial charge on any atom is -0.386 e. The van der Waals surface area contributed by atoms with Crippen LogP contribution in [-0.2, 0) is 0 Å². The van der Waals surface area contributed by atoms with E-state index in [1.165, 1.54) is 43.3 Å². The fourth-order valence-corrected chi connectivity index (χ4v) is 2.11. The first-order valence-electron chi connectivity index (χ1n) is 6.86. The van der Waals surface area contributed by atoms with Crippen LogP contribution in [0, 0.1) is 15.9 Å². The SMILES string of the molecule is CC(=O)c1ccc(NC[C@@H](O)c2ccccc2F)c([N+](=O)[O-])c1. The van der Waals surface area contributed by atoms with Crippen molar-refractivity contribution in [2.45, 2.75) is 13.0 Å². The maximum atomic E-state index is 13.6. The van der Waals surface area contributed by atoms with E-state index in [4.69, 9.17) is 0 Å². The molecule has 2 N–H and O–H groups in total.